The quantitative estimate of drug-likeness (QED) is 0.563. The first kappa shape index (κ1) is 19.8. The maximum atomic E-state index is 13.1. The maximum absolute atomic E-state index is 13.1. The molecule has 28 heavy (non-hydrogen) atoms. The fraction of sp³-hybridized carbons (Fsp3) is 0.792. The number of ketones is 1. The number of aldehydes is 1. The summed E-state index contributed by atoms with van der Waals surface area (Å²) in [5.41, 5.74) is 0.251. The molecule has 4 aliphatic rings. The summed E-state index contributed by atoms with van der Waals surface area (Å²) in [6.45, 7) is 4.73. The van der Waals surface area contributed by atoms with E-state index < -0.39 is 11.9 Å². The molecule has 4 aliphatic carbocycles. The van der Waals surface area contributed by atoms with Crippen LogP contribution >= 0.6 is 0 Å². The summed E-state index contributed by atoms with van der Waals surface area (Å²) in [6, 6.07) is 0. The molecule has 4 fully saturated rings. The molecular formula is C24H34O4. The molecule has 0 aromatic carbocycles. The molecule has 0 bridgehead atoms. The summed E-state index contributed by atoms with van der Waals surface area (Å²) in [4.78, 5) is 35.8. The summed E-state index contributed by atoms with van der Waals surface area (Å²) in [5, 5.41) is 8.97. The van der Waals surface area contributed by atoms with Gasteiger partial charge in [0.05, 0.1) is 0 Å². The van der Waals surface area contributed by atoms with Crippen molar-refractivity contribution in [1.82, 2.24) is 0 Å². The van der Waals surface area contributed by atoms with Gasteiger partial charge in [-0.15, -0.1) is 0 Å². The predicted octanol–water partition coefficient (Wildman–Crippen LogP) is 4.67. The van der Waals surface area contributed by atoms with Gasteiger partial charge in [-0.1, -0.05) is 32.8 Å². The zero-order valence-corrected chi connectivity index (χ0v) is 17.2. The second kappa shape index (κ2) is 7.11. The van der Waals surface area contributed by atoms with Crippen molar-refractivity contribution in [2.24, 2.45) is 46.3 Å². The van der Waals surface area contributed by atoms with Crippen LogP contribution < -0.4 is 0 Å². The molecule has 0 aromatic rings. The lowest BCUT2D eigenvalue weighted by atomic mass is 9.44. The lowest BCUT2D eigenvalue weighted by Crippen LogP contribution is -2.53. The molecule has 154 valence electrons. The van der Waals surface area contributed by atoms with E-state index in [0.717, 1.165) is 31.1 Å². The molecule has 0 saturated heterocycles. The first-order chi connectivity index (χ1) is 13.3. The van der Waals surface area contributed by atoms with E-state index in [-0.39, 0.29) is 17.1 Å². The fourth-order valence-corrected chi connectivity index (χ4v) is 8.21. The summed E-state index contributed by atoms with van der Waals surface area (Å²) >= 11 is 0. The molecule has 4 saturated carbocycles. The van der Waals surface area contributed by atoms with Crippen LogP contribution in [0.25, 0.3) is 0 Å². The minimum Gasteiger partial charge on any atom is -0.478 e. The third-order valence-corrected chi connectivity index (χ3v) is 9.50. The Morgan fingerprint density at radius 1 is 1.07 bits per heavy atom. The zero-order valence-electron chi connectivity index (χ0n) is 17.2. The number of Topliss-reactive ketones (excluding diaryl/α,β-unsaturated/α-hetero) is 1. The third-order valence-electron chi connectivity index (χ3n) is 9.50. The number of rotatable bonds is 4. The number of hydrogen-bond donors (Lipinski definition) is 1. The topological polar surface area (TPSA) is 71.4 Å². The molecule has 0 aromatic heterocycles. The van der Waals surface area contributed by atoms with Crippen molar-refractivity contribution in [3.8, 4) is 0 Å². The Kier molecular flexibility index (Phi) is 5.04. The van der Waals surface area contributed by atoms with Gasteiger partial charge in [0, 0.05) is 24.3 Å². The van der Waals surface area contributed by atoms with Gasteiger partial charge in [0.2, 0.25) is 0 Å². The average Bonchev–Trinajstić information content (AvgIpc) is 2.92. The van der Waals surface area contributed by atoms with Gasteiger partial charge < -0.3 is 9.90 Å². The van der Waals surface area contributed by atoms with Crippen molar-refractivity contribution in [2.75, 3.05) is 0 Å². The third kappa shape index (κ3) is 2.90. The molecule has 1 N–H and O–H groups in total. The molecule has 0 aliphatic heterocycles. The Labute approximate surface area is 168 Å². The van der Waals surface area contributed by atoms with Crippen LogP contribution in [0.2, 0.25) is 0 Å². The van der Waals surface area contributed by atoms with Crippen molar-refractivity contribution in [3.63, 3.8) is 0 Å². The van der Waals surface area contributed by atoms with Crippen molar-refractivity contribution < 1.29 is 19.5 Å². The Balaban J connectivity index is 1.63. The van der Waals surface area contributed by atoms with E-state index in [1.165, 1.54) is 44.6 Å². The number of carbonyl (C=O) groups excluding carboxylic acids is 2. The first-order valence-electron chi connectivity index (χ1n) is 11.2. The van der Waals surface area contributed by atoms with Crippen molar-refractivity contribution in [1.29, 1.82) is 0 Å². The summed E-state index contributed by atoms with van der Waals surface area (Å²) in [7, 11) is 0. The minimum atomic E-state index is -1.06. The number of aliphatic carboxylic acids is 1. The minimum absolute atomic E-state index is 0.176. The molecule has 0 amide bonds. The Morgan fingerprint density at radius 3 is 2.57 bits per heavy atom. The van der Waals surface area contributed by atoms with Crippen molar-refractivity contribution >= 4 is 18.0 Å². The zero-order chi connectivity index (χ0) is 20.1. The van der Waals surface area contributed by atoms with E-state index in [4.69, 9.17) is 5.11 Å². The molecule has 4 heteroatoms. The summed E-state index contributed by atoms with van der Waals surface area (Å²) in [5.74, 6) is 0.635. The second-order valence-corrected chi connectivity index (χ2v) is 10.5. The number of carboxylic acid groups (broad SMARTS) is 1. The molecule has 4 rings (SSSR count). The first-order valence-corrected chi connectivity index (χ1v) is 11.2. The van der Waals surface area contributed by atoms with E-state index >= 15 is 0 Å². The number of carbonyl (C=O) groups is 3. The SMILES string of the molecule is C[C@]12CC[C@H]3[C@@H](CCC4CCCC[C@@]43C)[C@@H]1CC(=O)[C@@H]2[C@H](C=O)C=CC(=O)O. The van der Waals surface area contributed by atoms with Gasteiger partial charge in [-0.2, -0.15) is 0 Å². The highest BCUT2D eigenvalue weighted by atomic mass is 16.4. The van der Waals surface area contributed by atoms with E-state index in [9.17, 15) is 14.4 Å². The fourth-order valence-electron chi connectivity index (χ4n) is 8.21. The molecule has 0 spiro atoms. The molecule has 1 unspecified atom stereocenters. The Hall–Kier alpha value is -1.45. The van der Waals surface area contributed by atoms with Gasteiger partial charge in [0.1, 0.15) is 12.1 Å². The summed E-state index contributed by atoms with van der Waals surface area (Å²) in [6.07, 6.45) is 13.9. The molecule has 0 radical (unpaired) electrons. The predicted molar refractivity (Wildman–Crippen MR) is 107 cm³/mol. The van der Waals surface area contributed by atoms with Gasteiger partial charge in [0.25, 0.3) is 0 Å². The van der Waals surface area contributed by atoms with Crippen LogP contribution in [0.5, 0.6) is 0 Å². The van der Waals surface area contributed by atoms with Crippen molar-refractivity contribution in [2.45, 2.75) is 71.6 Å². The van der Waals surface area contributed by atoms with Crippen LogP contribution in [0.3, 0.4) is 0 Å². The van der Waals surface area contributed by atoms with Gasteiger partial charge in [-0.05, 0) is 73.0 Å². The Bertz CT molecular complexity index is 697. The largest absolute Gasteiger partial charge is 0.478 e. The normalized spacial score (nSPS) is 46.5. The number of fused-ring (bicyclic) bond motifs is 5. The molecule has 8 atom stereocenters. The van der Waals surface area contributed by atoms with Gasteiger partial charge in [-0.3, -0.25) is 4.79 Å². The highest BCUT2D eigenvalue weighted by Gasteiger charge is 2.62. The van der Waals surface area contributed by atoms with Crippen LogP contribution in [-0.2, 0) is 14.4 Å². The van der Waals surface area contributed by atoms with Gasteiger partial charge in [-0.25, -0.2) is 4.79 Å². The van der Waals surface area contributed by atoms with Crippen LogP contribution in [0.1, 0.15) is 71.6 Å². The molecular weight excluding hydrogens is 352 g/mol. The number of carboxylic acids is 1. The van der Waals surface area contributed by atoms with Gasteiger partial charge >= 0.3 is 5.97 Å². The number of hydrogen-bond acceptors (Lipinski definition) is 3. The van der Waals surface area contributed by atoms with Crippen LogP contribution in [0.15, 0.2) is 12.2 Å². The van der Waals surface area contributed by atoms with Crippen LogP contribution in [-0.4, -0.2) is 23.1 Å². The molecule has 0 heterocycles. The average molecular weight is 387 g/mol. The summed E-state index contributed by atoms with van der Waals surface area (Å²) < 4.78 is 0. The monoisotopic (exact) mass is 386 g/mol. The Morgan fingerprint density at radius 2 is 1.86 bits per heavy atom. The van der Waals surface area contributed by atoms with Crippen LogP contribution in [0.4, 0.5) is 0 Å². The second-order valence-electron chi connectivity index (χ2n) is 10.5. The molecule has 4 nitrogen and oxygen atoms in total. The van der Waals surface area contributed by atoms with Gasteiger partial charge in [0.15, 0.2) is 0 Å². The highest BCUT2D eigenvalue weighted by molar-refractivity contribution is 5.89. The smallest absolute Gasteiger partial charge is 0.328 e. The maximum Gasteiger partial charge on any atom is 0.328 e. The number of allylic oxidation sites excluding steroid dienone is 1. The van der Waals surface area contributed by atoms with Crippen LogP contribution in [0, 0.1) is 46.3 Å². The highest BCUT2D eigenvalue weighted by Crippen LogP contribution is 2.67. The standard InChI is InChI=1S/C24H34O4/c1-23-11-4-3-5-16(23)7-8-17-18(23)10-12-24(2)19(17)13-20(26)22(24)15(14-25)6-9-21(27)28/h6,9,14-19,22H,3-5,7-8,10-13H2,1-2H3,(H,27,28)/t15-,16?,17+,18-,19-,22-,23-,24-/m0/s1. The van der Waals surface area contributed by atoms with E-state index in [1.54, 1.807) is 0 Å². The van der Waals surface area contributed by atoms with E-state index in [1.807, 2.05) is 0 Å². The van der Waals surface area contributed by atoms with Crippen molar-refractivity contribution in [3.05, 3.63) is 12.2 Å². The lowest BCUT2D eigenvalue weighted by Gasteiger charge is -2.60. The lowest BCUT2D eigenvalue weighted by molar-refractivity contribution is -0.132. The van der Waals surface area contributed by atoms with E-state index in [0.29, 0.717) is 29.6 Å². The van der Waals surface area contributed by atoms with E-state index in [2.05, 4.69) is 13.8 Å².